The van der Waals surface area contributed by atoms with Gasteiger partial charge in [0.25, 0.3) is 0 Å². The molecule has 0 fully saturated rings. The van der Waals surface area contributed by atoms with Gasteiger partial charge in [-0.3, -0.25) is 0 Å². The van der Waals surface area contributed by atoms with E-state index < -0.39 is 5.82 Å². The monoisotopic (exact) mass is 340 g/mol. The number of nitrogens with zero attached hydrogens (tertiary/aromatic N) is 3. The number of hydrogen-bond donors (Lipinski definition) is 1. The van der Waals surface area contributed by atoms with Gasteiger partial charge in [0.1, 0.15) is 5.82 Å². The number of nitrogens with one attached hydrogen (secondary N) is 1. The summed E-state index contributed by atoms with van der Waals surface area (Å²) in [5.74, 6) is 0.164. The highest BCUT2D eigenvalue weighted by atomic mass is 79.9. The average molecular weight is 341 g/mol. The maximum Gasteiger partial charge on any atom is 0.321 e. The molecule has 0 aliphatic rings. The lowest BCUT2D eigenvalue weighted by atomic mass is 10.2. The molecule has 0 amide bonds. The van der Waals surface area contributed by atoms with Crippen LogP contribution >= 0.6 is 15.9 Å². The van der Waals surface area contributed by atoms with Crippen LogP contribution in [0.4, 0.5) is 10.3 Å². The van der Waals surface area contributed by atoms with Crippen LogP contribution in [-0.2, 0) is 0 Å². The Morgan fingerprint density at radius 1 is 1.30 bits per heavy atom. The van der Waals surface area contributed by atoms with Gasteiger partial charge in [-0.05, 0) is 24.6 Å². The number of anilines is 1. The van der Waals surface area contributed by atoms with Crippen LogP contribution in [0.1, 0.15) is 13.3 Å². The van der Waals surface area contributed by atoms with Gasteiger partial charge >= 0.3 is 6.01 Å². The van der Waals surface area contributed by atoms with Gasteiger partial charge in [-0.15, -0.1) is 0 Å². The van der Waals surface area contributed by atoms with Gasteiger partial charge in [0.05, 0.1) is 12.2 Å². The van der Waals surface area contributed by atoms with E-state index in [1.807, 2.05) is 6.92 Å². The summed E-state index contributed by atoms with van der Waals surface area (Å²) in [6, 6.07) is 4.77. The zero-order valence-electron chi connectivity index (χ0n) is 11.2. The van der Waals surface area contributed by atoms with Gasteiger partial charge in [0.2, 0.25) is 5.95 Å². The minimum absolute atomic E-state index is 0.181. The summed E-state index contributed by atoms with van der Waals surface area (Å²) >= 11 is 3.30. The molecule has 0 atom stereocenters. The summed E-state index contributed by atoms with van der Waals surface area (Å²) in [7, 11) is 1.68. The van der Waals surface area contributed by atoms with Crippen LogP contribution in [0.3, 0.4) is 0 Å². The van der Waals surface area contributed by atoms with E-state index in [9.17, 15) is 4.39 Å². The van der Waals surface area contributed by atoms with Crippen LogP contribution in [-0.4, -0.2) is 28.6 Å². The molecule has 0 unspecified atom stereocenters. The molecule has 0 aliphatic carbocycles. The quantitative estimate of drug-likeness (QED) is 0.905. The Hall–Kier alpha value is -1.76. The predicted molar refractivity (Wildman–Crippen MR) is 78.3 cm³/mol. The molecule has 1 N–H and O–H groups in total. The summed E-state index contributed by atoms with van der Waals surface area (Å²) < 4.78 is 20.0. The standard InChI is InChI=1S/C13H14BrFN4O/c1-3-6-20-13-18-11(17-12(16-2)19-13)9-7-8(14)4-5-10(9)15/h4-5,7H,3,6H2,1-2H3,(H,16,17,18,19). The highest BCUT2D eigenvalue weighted by Gasteiger charge is 2.13. The summed E-state index contributed by atoms with van der Waals surface area (Å²) in [4.78, 5) is 12.4. The first kappa shape index (κ1) is 14.6. The van der Waals surface area contributed by atoms with Crippen molar-refractivity contribution in [1.29, 1.82) is 0 Å². The van der Waals surface area contributed by atoms with Crippen LogP contribution in [0.15, 0.2) is 22.7 Å². The first-order valence-corrected chi connectivity index (χ1v) is 6.95. The molecule has 1 heterocycles. The SMILES string of the molecule is CCCOc1nc(NC)nc(-c2cc(Br)ccc2F)n1. The van der Waals surface area contributed by atoms with Crippen molar-refractivity contribution in [1.82, 2.24) is 15.0 Å². The third-order valence-corrected chi connectivity index (χ3v) is 2.94. The van der Waals surface area contributed by atoms with E-state index >= 15 is 0 Å². The fourth-order valence-electron chi connectivity index (χ4n) is 1.52. The fraction of sp³-hybridized carbons (Fsp3) is 0.308. The third-order valence-electron chi connectivity index (χ3n) is 2.44. The normalized spacial score (nSPS) is 10.4. The van der Waals surface area contributed by atoms with E-state index in [1.54, 1.807) is 19.2 Å². The molecule has 0 saturated heterocycles. The van der Waals surface area contributed by atoms with Gasteiger partial charge in [0, 0.05) is 11.5 Å². The lowest BCUT2D eigenvalue weighted by molar-refractivity contribution is 0.292. The van der Waals surface area contributed by atoms with Crippen molar-refractivity contribution in [3.63, 3.8) is 0 Å². The largest absolute Gasteiger partial charge is 0.463 e. The van der Waals surface area contributed by atoms with Gasteiger partial charge in [-0.2, -0.15) is 15.0 Å². The molecule has 1 aromatic heterocycles. The van der Waals surface area contributed by atoms with Crippen LogP contribution in [0, 0.1) is 5.82 Å². The lowest BCUT2D eigenvalue weighted by Gasteiger charge is -2.08. The first-order valence-electron chi connectivity index (χ1n) is 6.16. The summed E-state index contributed by atoms with van der Waals surface area (Å²) in [5.41, 5.74) is 0.291. The molecule has 1 aromatic carbocycles. The van der Waals surface area contributed by atoms with Crippen molar-refractivity contribution < 1.29 is 9.13 Å². The Labute approximate surface area is 124 Å². The molecular formula is C13H14BrFN4O. The summed E-state index contributed by atoms with van der Waals surface area (Å²) in [6.45, 7) is 2.47. The molecule has 5 nitrogen and oxygen atoms in total. The Morgan fingerprint density at radius 2 is 2.10 bits per heavy atom. The molecule has 0 saturated carbocycles. The van der Waals surface area contributed by atoms with Gasteiger partial charge < -0.3 is 10.1 Å². The second kappa shape index (κ2) is 6.60. The topological polar surface area (TPSA) is 59.9 Å². The second-order valence-corrected chi connectivity index (χ2v) is 4.90. The van der Waals surface area contributed by atoms with Crippen molar-refractivity contribution in [3.8, 4) is 17.4 Å². The maximum absolute atomic E-state index is 13.9. The average Bonchev–Trinajstić information content (AvgIpc) is 2.47. The number of hydrogen-bond acceptors (Lipinski definition) is 5. The van der Waals surface area contributed by atoms with Crippen molar-refractivity contribution in [2.75, 3.05) is 19.0 Å². The van der Waals surface area contributed by atoms with E-state index in [4.69, 9.17) is 4.74 Å². The lowest BCUT2D eigenvalue weighted by Crippen LogP contribution is -2.06. The zero-order chi connectivity index (χ0) is 14.5. The van der Waals surface area contributed by atoms with E-state index in [2.05, 4.69) is 36.2 Å². The van der Waals surface area contributed by atoms with Gasteiger partial charge in [0.15, 0.2) is 5.82 Å². The summed E-state index contributed by atoms with van der Waals surface area (Å²) in [5, 5.41) is 2.81. The number of ether oxygens (including phenoxy) is 1. The van der Waals surface area contributed by atoms with Crippen LogP contribution in [0.2, 0.25) is 0 Å². The minimum atomic E-state index is -0.400. The van der Waals surface area contributed by atoms with Gasteiger partial charge in [-0.25, -0.2) is 4.39 Å². The van der Waals surface area contributed by atoms with E-state index in [-0.39, 0.29) is 11.8 Å². The third kappa shape index (κ3) is 3.41. The molecule has 20 heavy (non-hydrogen) atoms. The van der Waals surface area contributed by atoms with Crippen molar-refractivity contribution in [2.45, 2.75) is 13.3 Å². The fourth-order valence-corrected chi connectivity index (χ4v) is 1.88. The van der Waals surface area contributed by atoms with Crippen LogP contribution < -0.4 is 10.1 Å². The van der Waals surface area contributed by atoms with Crippen molar-refractivity contribution in [3.05, 3.63) is 28.5 Å². The Kier molecular flexibility index (Phi) is 4.84. The van der Waals surface area contributed by atoms with Gasteiger partial charge in [-0.1, -0.05) is 22.9 Å². The first-order chi connectivity index (χ1) is 9.63. The maximum atomic E-state index is 13.9. The van der Waals surface area contributed by atoms with E-state index in [1.165, 1.54) is 6.07 Å². The van der Waals surface area contributed by atoms with Crippen LogP contribution in [0.5, 0.6) is 6.01 Å². The summed E-state index contributed by atoms with van der Waals surface area (Å²) in [6.07, 6.45) is 0.834. The van der Waals surface area contributed by atoms with Crippen molar-refractivity contribution in [2.24, 2.45) is 0 Å². The number of aromatic nitrogens is 3. The Bertz CT molecular complexity index is 609. The zero-order valence-corrected chi connectivity index (χ0v) is 12.7. The highest BCUT2D eigenvalue weighted by molar-refractivity contribution is 9.10. The smallest absolute Gasteiger partial charge is 0.321 e. The minimum Gasteiger partial charge on any atom is -0.463 e. The molecule has 106 valence electrons. The molecule has 0 bridgehead atoms. The van der Waals surface area contributed by atoms with Crippen LogP contribution in [0.25, 0.3) is 11.4 Å². The molecule has 0 radical (unpaired) electrons. The predicted octanol–water partition coefficient (Wildman–Crippen LogP) is 3.27. The Balaban J connectivity index is 2.46. The highest BCUT2D eigenvalue weighted by Crippen LogP contribution is 2.25. The van der Waals surface area contributed by atoms with Crippen molar-refractivity contribution >= 4 is 21.9 Å². The number of benzene rings is 1. The van der Waals surface area contributed by atoms with E-state index in [0.29, 0.717) is 18.1 Å². The molecule has 2 aromatic rings. The Morgan fingerprint density at radius 3 is 2.80 bits per heavy atom. The molecule has 0 aliphatic heterocycles. The van der Waals surface area contributed by atoms with E-state index in [0.717, 1.165) is 10.9 Å². The number of rotatable bonds is 5. The molecule has 2 rings (SSSR count). The molecular weight excluding hydrogens is 327 g/mol. The second-order valence-electron chi connectivity index (χ2n) is 3.99. The number of halogens is 2. The molecule has 7 heteroatoms. The molecule has 0 spiro atoms.